The molecule has 0 fully saturated rings. The Morgan fingerprint density at radius 2 is 1.19 bits per heavy atom. The van der Waals surface area contributed by atoms with Crippen LogP contribution in [-0.4, -0.2) is 5.11 Å². The molecule has 2 rings (SSSR count). The van der Waals surface area contributed by atoms with Crippen molar-refractivity contribution in [3.8, 4) is 0 Å². The molecular weight excluding hydrogens is 256 g/mol. The van der Waals surface area contributed by atoms with Crippen molar-refractivity contribution >= 4 is 12.2 Å². The molecule has 0 saturated carbocycles. The van der Waals surface area contributed by atoms with Gasteiger partial charge in [0.1, 0.15) is 0 Å². The summed E-state index contributed by atoms with van der Waals surface area (Å²) < 4.78 is 0. The Labute approximate surface area is 129 Å². The molecule has 21 heavy (non-hydrogen) atoms. The lowest BCUT2D eigenvalue weighted by Crippen LogP contribution is -1.80. The van der Waals surface area contributed by atoms with E-state index >= 15 is 0 Å². The zero-order valence-corrected chi connectivity index (χ0v) is 12.0. The highest BCUT2D eigenvalue weighted by Gasteiger charge is 1.87. The maximum Gasteiger partial charge on any atom is 0.0681 e. The normalized spacial score (nSPS) is 8.86. The molecule has 0 radical (unpaired) electrons. The van der Waals surface area contributed by atoms with Crippen LogP contribution >= 0.6 is 0 Å². The van der Waals surface area contributed by atoms with E-state index in [0.717, 1.165) is 17.5 Å². The van der Waals surface area contributed by atoms with Crippen molar-refractivity contribution in [2.24, 2.45) is 0 Å². The van der Waals surface area contributed by atoms with Crippen molar-refractivity contribution in [1.82, 2.24) is 0 Å². The summed E-state index contributed by atoms with van der Waals surface area (Å²) in [5, 5.41) is 8.68. The van der Waals surface area contributed by atoms with Crippen molar-refractivity contribution in [2.45, 2.75) is 27.4 Å². The van der Waals surface area contributed by atoms with Crippen molar-refractivity contribution < 1.29 is 5.11 Å². The highest BCUT2D eigenvalue weighted by Crippen LogP contribution is 2.05. The van der Waals surface area contributed by atoms with Crippen LogP contribution in [0.1, 0.15) is 36.6 Å². The maximum absolute atomic E-state index is 8.68. The van der Waals surface area contributed by atoms with Crippen LogP contribution in [0.4, 0.5) is 0 Å². The molecule has 0 heterocycles. The number of hydrogen-bond acceptors (Lipinski definition) is 1. The highest BCUT2D eigenvalue weighted by atomic mass is 16.3. The minimum Gasteiger partial charge on any atom is -0.392 e. The summed E-state index contributed by atoms with van der Waals surface area (Å²) in [6.07, 6.45) is 4.75. The Morgan fingerprint density at radius 1 is 0.810 bits per heavy atom. The Balaban J connectivity index is 0.000000364. The molecule has 0 aromatic heterocycles. The van der Waals surface area contributed by atoms with Gasteiger partial charge in [0.15, 0.2) is 0 Å². The van der Waals surface area contributed by atoms with Gasteiger partial charge in [0.25, 0.3) is 0 Å². The van der Waals surface area contributed by atoms with Crippen molar-refractivity contribution in [2.75, 3.05) is 0 Å². The van der Waals surface area contributed by atoms with Crippen LogP contribution in [0.3, 0.4) is 0 Å². The summed E-state index contributed by atoms with van der Waals surface area (Å²) in [5.74, 6) is 0. The Hall–Kier alpha value is -2.12. The number of aryl methyl sites for hydroxylation is 1. The van der Waals surface area contributed by atoms with Gasteiger partial charge in [-0.05, 0) is 28.7 Å². The zero-order chi connectivity index (χ0) is 14.8. The van der Waals surface area contributed by atoms with Gasteiger partial charge in [-0.1, -0.05) is 88.2 Å². The van der Waals surface area contributed by atoms with Gasteiger partial charge >= 0.3 is 0 Å². The van der Waals surface area contributed by atoms with Gasteiger partial charge in [-0.2, -0.15) is 0 Å². The first-order valence-corrected chi connectivity index (χ1v) is 6.77. The molecule has 0 amide bonds. The molecule has 1 nitrogen and oxygen atoms in total. The van der Waals surface area contributed by atoms with Gasteiger partial charge in [-0.25, -0.2) is 0 Å². The topological polar surface area (TPSA) is 20.2 Å². The van der Waals surface area contributed by atoms with Crippen LogP contribution in [0.2, 0.25) is 0 Å². The smallest absolute Gasteiger partial charge is 0.0681 e. The summed E-state index contributed by atoms with van der Waals surface area (Å²) in [6, 6.07) is 16.1. The Kier molecular flexibility index (Phi) is 9.57. The largest absolute Gasteiger partial charge is 0.392 e. The number of aliphatic hydroxyl groups is 1. The van der Waals surface area contributed by atoms with Gasteiger partial charge in [0.2, 0.25) is 0 Å². The van der Waals surface area contributed by atoms with Crippen LogP contribution in [0, 0.1) is 0 Å². The maximum atomic E-state index is 8.68. The van der Waals surface area contributed by atoms with Gasteiger partial charge in [-0.3, -0.25) is 0 Å². The second-order valence-electron chi connectivity index (χ2n) is 4.40. The lowest BCUT2D eigenvalue weighted by atomic mass is 10.1. The number of hydrogen-bond donors (Lipinski definition) is 1. The third-order valence-corrected chi connectivity index (χ3v) is 3.02. The average Bonchev–Trinajstić information content (AvgIpc) is 2.55. The minimum atomic E-state index is 0. The number of benzene rings is 2. The monoisotopic (exact) mass is 282 g/mol. The summed E-state index contributed by atoms with van der Waals surface area (Å²) in [4.78, 5) is 0. The molecule has 1 heteroatoms. The zero-order valence-electron chi connectivity index (χ0n) is 12.0. The average molecular weight is 282 g/mol. The predicted octanol–water partition coefficient (Wildman–Crippen LogP) is 5.35. The van der Waals surface area contributed by atoms with Crippen LogP contribution < -0.4 is 0 Å². The van der Waals surface area contributed by atoms with Crippen LogP contribution in [-0.2, 0) is 13.0 Å². The lowest BCUT2D eigenvalue weighted by molar-refractivity contribution is 0.282. The Bertz CT molecular complexity index is 469. The SMILES string of the molecule is C.C=Cc1ccc(CC)cc1.C=Cc1ccc(CO)cc1. The van der Waals surface area contributed by atoms with E-state index in [4.69, 9.17) is 5.11 Å². The molecule has 0 aliphatic carbocycles. The number of aliphatic hydroxyl groups excluding tert-OH is 1. The molecule has 0 aliphatic rings. The fourth-order valence-electron chi connectivity index (χ4n) is 1.65. The molecule has 0 saturated heterocycles. The van der Waals surface area contributed by atoms with Gasteiger partial charge < -0.3 is 5.11 Å². The summed E-state index contributed by atoms with van der Waals surface area (Å²) in [6.45, 7) is 9.57. The molecule has 0 bridgehead atoms. The molecule has 0 aliphatic heterocycles. The Morgan fingerprint density at radius 3 is 1.48 bits per heavy atom. The van der Waals surface area contributed by atoms with Crippen molar-refractivity contribution in [3.05, 3.63) is 83.9 Å². The third-order valence-electron chi connectivity index (χ3n) is 3.02. The quantitative estimate of drug-likeness (QED) is 0.801. The highest BCUT2D eigenvalue weighted by molar-refractivity contribution is 5.47. The van der Waals surface area contributed by atoms with E-state index in [0.29, 0.717) is 0 Å². The van der Waals surface area contributed by atoms with Gasteiger partial charge in [0, 0.05) is 0 Å². The van der Waals surface area contributed by atoms with Gasteiger partial charge in [0.05, 0.1) is 6.61 Å². The molecular formula is C20H26O. The molecule has 0 spiro atoms. The first kappa shape index (κ1) is 18.9. The second-order valence-corrected chi connectivity index (χ2v) is 4.40. The third kappa shape index (κ3) is 6.73. The lowest BCUT2D eigenvalue weighted by Gasteiger charge is -1.95. The first-order chi connectivity index (χ1) is 9.73. The van der Waals surface area contributed by atoms with E-state index in [1.807, 2.05) is 30.3 Å². The van der Waals surface area contributed by atoms with E-state index < -0.39 is 0 Å². The van der Waals surface area contributed by atoms with Crippen molar-refractivity contribution in [3.63, 3.8) is 0 Å². The molecule has 112 valence electrons. The van der Waals surface area contributed by atoms with Crippen molar-refractivity contribution in [1.29, 1.82) is 0 Å². The molecule has 0 atom stereocenters. The standard InChI is InChI=1S/C10H12.C9H10O.CH4/c1-3-9-5-7-10(4-2)8-6-9;1-2-8-3-5-9(7-10)6-4-8;/h3,5-8H,1,4H2,2H3;2-6,10H,1,7H2;1H4. The second kappa shape index (κ2) is 10.6. The summed E-state index contributed by atoms with van der Waals surface area (Å²) >= 11 is 0. The van der Waals surface area contributed by atoms with E-state index in [9.17, 15) is 0 Å². The molecule has 2 aromatic rings. The van der Waals surface area contributed by atoms with Crippen LogP contribution in [0.15, 0.2) is 61.7 Å². The fraction of sp³-hybridized carbons (Fsp3) is 0.200. The number of rotatable bonds is 4. The molecule has 2 aromatic carbocycles. The van der Waals surface area contributed by atoms with E-state index in [1.54, 1.807) is 6.08 Å². The van der Waals surface area contributed by atoms with E-state index in [-0.39, 0.29) is 14.0 Å². The van der Waals surface area contributed by atoms with E-state index in [1.165, 1.54) is 11.1 Å². The fourth-order valence-corrected chi connectivity index (χ4v) is 1.65. The summed E-state index contributed by atoms with van der Waals surface area (Å²) in [5.41, 5.74) is 4.59. The minimum absolute atomic E-state index is 0. The van der Waals surface area contributed by atoms with Crippen LogP contribution in [0.25, 0.3) is 12.2 Å². The van der Waals surface area contributed by atoms with E-state index in [2.05, 4.69) is 44.3 Å². The summed E-state index contributed by atoms with van der Waals surface area (Å²) in [7, 11) is 0. The van der Waals surface area contributed by atoms with Gasteiger partial charge in [-0.15, -0.1) is 0 Å². The molecule has 1 N–H and O–H groups in total. The molecule has 0 unspecified atom stereocenters. The predicted molar refractivity (Wildman–Crippen MR) is 95.1 cm³/mol. The van der Waals surface area contributed by atoms with Crippen LogP contribution in [0.5, 0.6) is 0 Å². The first-order valence-electron chi connectivity index (χ1n) is 6.77.